The predicted molar refractivity (Wildman–Crippen MR) is 87.9 cm³/mol. The lowest BCUT2D eigenvalue weighted by Gasteiger charge is -2.57. The quantitative estimate of drug-likeness (QED) is 0.764. The molecule has 0 unspecified atom stereocenters. The van der Waals surface area contributed by atoms with Gasteiger partial charge in [-0.15, -0.1) is 6.58 Å². The monoisotopic (exact) mass is 298 g/mol. The van der Waals surface area contributed by atoms with E-state index in [0.717, 1.165) is 38.5 Å². The molecule has 0 aromatic heterocycles. The van der Waals surface area contributed by atoms with Crippen LogP contribution in [0.5, 0.6) is 5.75 Å². The molecule has 2 nitrogen and oxygen atoms in total. The van der Waals surface area contributed by atoms with E-state index < -0.39 is 0 Å². The summed E-state index contributed by atoms with van der Waals surface area (Å²) in [6, 6.07) is 5.90. The van der Waals surface area contributed by atoms with Crippen molar-refractivity contribution in [1.29, 1.82) is 0 Å². The fourth-order valence-corrected chi connectivity index (χ4v) is 6.09. The molecule has 118 valence electrons. The third-order valence-corrected chi connectivity index (χ3v) is 7.26. The van der Waals surface area contributed by atoms with Crippen molar-refractivity contribution in [3.05, 3.63) is 42.0 Å². The van der Waals surface area contributed by atoms with Gasteiger partial charge in [0.25, 0.3) is 0 Å². The Labute approximate surface area is 132 Å². The largest absolute Gasteiger partial charge is 0.508 e. The molecule has 1 aromatic rings. The SMILES string of the molecule is C=C[C@@]12CCc3cc(O)ccc3[C@@H]1CC[C@@]1(C)[C@H]2CC[C@@H]1O. The number of hydrogen-bond acceptors (Lipinski definition) is 2. The van der Waals surface area contributed by atoms with Gasteiger partial charge in [-0.05, 0) is 84.5 Å². The van der Waals surface area contributed by atoms with Crippen molar-refractivity contribution in [3.63, 3.8) is 0 Å². The number of aromatic hydroxyl groups is 1. The molecule has 2 saturated carbocycles. The summed E-state index contributed by atoms with van der Waals surface area (Å²) in [7, 11) is 0. The van der Waals surface area contributed by atoms with Gasteiger partial charge in [-0.3, -0.25) is 0 Å². The Morgan fingerprint density at radius 1 is 1.23 bits per heavy atom. The highest BCUT2D eigenvalue weighted by molar-refractivity contribution is 5.42. The Balaban J connectivity index is 1.83. The number of hydrogen-bond donors (Lipinski definition) is 2. The smallest absolute Gasteiger partial charge is 0.115 e. The van der Waals surface area contributed by atoms with Gasteiger partial charge in [0.15, 0.2) is 0 Å². The maximum Gasteiger partial charge on any atom is 0.115 e. The number of allylic oxidation sites excluding steroid dienone is 1. The van der Waals surface area contributed by atoms with Crippen LogP contribution in [0.15, 0.2) is 30.9 Å². The molecular formula is C20H26O2. The van der Waals surface area contributed by atoms with Crippen molar-refractivity contribution in [2.75, 3.05) is 0 Å². The number of benzene rings is 1. The van der Waals surface area contributed by atoms with Crippen LogP contribution in [-0.2, 0) is 6.42 Å². The number of rotatable bonds is 1. The summed E-state index contributed by atoms with van der Waals surface area (Å²) < 4.78 is 0. The van der Waals surface area contributed by atoms with Gasteiger partial charge in [-0.25, -0.2) is 0 Å². The topological polar surface area (TPSA) is 40.5 Å². The molecule has 0 aliphatic heterocycles. The average molecular weight is 298 g/mol. The molecule has 22 heavy (non-hydrogen) atoms. The van der Waals surface area contributed by atoms with E-state index in [9.17, 15) is 10.2 Å². The van der Waals surface area contributed by atoms with Gasteiger partial charge >= 0.3 is 0 Å². The number of phenols is 1. The summed E-state index contributed by atoms with van der Waals surface area (Å²) >= 11 is 0. The minimum Gasteiger partial charge on any atom is -0.508 e. The normalized spacial score (nSPS) is 43.1. The highest BCUT2D eigenvalue weighted by Gasteiger charge is 2.60. The fraction of sp³-hybridized carbons (Fsp3) is 0.600. The predicted octanol–water partition coefficient (Wildman–Crippen LogP) is 4.17. The van der Waals surface area contributed by atoms with Crippen LogP contribution in [0.25, 0.3) is 0 Å². The van der Waals surface area contributed by atoms with Crippen LogP contribution in [0.2, 0.25) is 0 Å². The molecule has 2 heteroatoms. The molecule has 2 N–H and O–H groups in total. The Bertz CT molecular complexity index is 622. The van der Waals surface area contributed by atoms with Gasteiger partial charge in [0.2, 0.25) is 0 Å². The molecule has 4 rings (SSSR count). The molecule has 0 saturated heterocycles. The molecule has 0 radical (unpaired) electrons. The summed E-state index contributed by atoms with van der Waals surface area (Å²) in [5.41, 5.74) is 2.89. The molecule has 1 aromatic carbocycles. The van der Waals surface area contributed by atoms with Crippen molar-refractivity contribution >= 4 is 0 Å². The Hall–Kier alpha value is -1.28. The molecule has 0 heterocycles. The maximum absolute atomic E-state index is 10.5. The molecule has 0 amide bonds. The zero-order valence-corrected chi connectivity index (χ0v) is 13.4. The molecule has 3 aliphatic rings. The van der Waals surface area contributed by atoms with E-state index in [-0.39, 0.29) is 16.9 Å². The maximum atomic E-state index is 10.5. The number of fused-ring (bicyclic) bond motifs is 5. The lowest BCUT2D eigenvalue weighted by Crippen LogP contribution is -2.50. The van der Waals surface area contributed by atoms with Crippen LogP contribution in [-0.4, -0.2) is 16.3 Å². The van der Waals surface area contributed by atoms with Crippen molar-refractivity contribution < 1.29 is 10.2 Å². The van der Waals surface area contributed by atoms with Crippen molar-refractivity contribution in [3.8, 4) is 5.75 Å². The summed E-state index contributed by atoms with van der Waals surface area (Å²) in [6.07, 6.45) is 8.44. The van der Waals surface area contributed by atoms with Gasteiger partial charge in [0.05, 0.1) is 6.10 Å². The van der Waals surface area contributed by atoms with E-state index >= 15 is 0 Å². The van der Waals surface area contributed by atoms with E-state index in [1.165, 1.54) is 11.1 Å². The van der Waals surface area contributed by atoms with Gasteiger partial charge in [-0.1, -0.05) is 19.1 Å². The minimum atomic E-state index is -0.156. The third kappa shape index (κ3) is 1.65. The third-order valence-electron chi connectivity index (χ3n) is 7.26. The van der Waals surface area contributed by atoms with Crippen molar-refractivity contribution in [2.24, 2.45) is 16.7 Å². The summed E-state index contributed by atoms with van der Waals surface area (Å²) in [6.45, 7) is 6.53. The van der Waals surface area contributed by atoms with E-state index in [1.807, 2.05) is 12.1 Å². The second-order valence-corrected chi connectivity index (χ2v) is 7.94. The van der Waals surface area contributed by atoms with Crippen LogP contribution in [0.3, 0.4) is 0 Å². The first kappa shape index (κ1) is 14.3. The second-order valence-electron chi connectivity index (χ2n) is 7.94. The van der Waals surface area contributed by atoms with E-state index in [4.69, 9.17) is 0 Å². The average Bonchev–Trinajstić information content (AvgIpc) is 2.82. The lowest BCUT2D eigenvalue weighted by atomic mass is 9.47. The van der Waals surface area contributed by atoms with Gasteiger partial charge in [-0.2, -0.15) is 0 Å². The van der Waals surface area contributed by atoms with Crippen LogP contribution in [0.1, 0.15) is 56.1 Å². The second kappa shape index (κ2) is 4.61. The Morgan fingerprint density at radius 2 is 2.05 bits per heavy atom. The lowest BCUT2D eigenvalue weighted by molar-refractivity contribution is -0.0528. The van der Waals surface area contributed by atoms with Crippen LogP contribution in [0.4, 0.5) is 0 Å². The molecule has 0 bridgehead atoms. The van der Waals surface area contributed by atoms with Crippen LogP contribution >= 0.6 is 0 Å². The number of phenolic OH excluding ortho intramolecular Hbond substituents is 1. The van der Waals surface area contributed by atoms with Crippen molar-refractivity contribution in [2.45, 2.75) is 57.5 Å². The van der Waals surface area contributed by atoms with Gasteiger partial charge in [0.1, 0.15) is 5.75 Å². The summed E-state index contributed by atoms with van der Waals surface area (Å²) in [4.78, 5) is 0. The first-order valence-corrected chi connectivity index (χ1v) is 8.65. The fourth-order valence-electron chi connectivity index (χ4n) is 6.09. The first-order chi connectivity index (χ1) is 10.5. The minimum absolute atomic E-state index is 0.0547. The Kier molecular flexibility index (Phi) is 3.00. The highest BCUT2D eigenvalue weighted by Crippen LogP contribution is 2.67. The van der Waals surface area contributed by atoms with Gasteiger partial charge < -0.3 is 10.2 Å². The molecular weight excluding hydrogens is 272 g/mol. The highest BCUT2D eigenvalue weighted by atomic mass is 16.3. The van der Waals surface area contributed by atoms with Gasteiger partial charge in [0, 0.05) is 0 Å². The van der Waals surface area contributed by atoms with Crippen LogP contribution in [0, 0.1) is 16.7 Å². The summed E-state index contributed by atoms with van der Waals surface area (Å²) in [5, 5.41) is 20.3. The van der Waals surface area contributed by atoms with E-state index in [0.29, 0.717) is 17.6 Å². The number of aliphatic hydroxyl groups excluding tert-OH is 1. The number of aryl methyl sites for hydroxylation is 1. The van der Waals surface area contributed by atoms with E-state index in [2.05, 4.69) is 25.6 Å². The van der Waals surface area contributed by atoms with Crippen LogP contribution < -0.4 is 0 Å². The molecule has 3 aliphatic carbocycles. The zero-order chi connectivity index (χ0) is 15.5. The Morgan fingerprint density at radius 3 is 2.82 bits per heavy atom. The zero-order valence-electron chi connectivity index (χ0n) is 13.4. The summed E-state index contributed by atoms with van der Waals surface area (Å²) in [5.74, 6) is 1.41. The first-order valence-electron chi connectivity index (χ1n) is 8.65. The number of aliphatic hydroxyl groups is 1. The molecule has 5 atom stereocenters. The van der Waals surface area contributed by atoms with Crippen molar-refractivity contribution in [1.82, 2.24) is 0 Å². The standard InChI is InChI=1S/C20H26O2/c1-3-20-11-8-13-12-14(21)4-5-15(13)16(20)9-10-19(2)17(20)6-7-18(19)22/h3-5,12,16-18,21-22H,1,6-11H2,2H3/t16-,17+,18-,19-,20+/m0/s1. The molecule has 2 fully saturated rings. The molecule has 0 spiro atoms. The van der Waals surface area contributed by atoms with E-state index in [1.54, 1.807) is 0 Å².